The Labute approximate surface area is 120 Å². The number of hydrogen-bond donors (Lipinski definition) is 3. The average Bonchev–Trinajstić information content (AvgIpc) is 2.34. The summed E-state index contributed by atoms with van der Waals surface area (Å²) in [6.45, 7) is 9.18. The second-order valence-electron chi connectivity index (χ2n) is 4.90. The summed E-state index contributed by atoms with van der Waals surface area (Å²) in [7, 11) is 0. The molecular weight excluding hydrogens is 262 g/mol. The van der Waals surface area contributed by atoms with Gasteiger partial charge in [-0.1, -0.05) is 13.8 Å². The normalized spacial score (nSPS) is 15.6. The number of primary amides is 1. The maximum atomic E-state index is 11.6. The lowest BCUT2D eigenvalue weighted by molar-refractivity contribution is -0.124. The van der Waals surface area contributed by atoms with Crippen LogP contribution in [0, 0.1) is 0 Å². The Balaban J connectivity index is 4.27. The summed E-state index contributed by atoms with van der Waals surface area (Å²) in [6.07, 6.45) is 1.57. The van der Waals surface area contributed by atoms with Crippen molar-refractivity contribution >= 4 is 23.6 Å². The van der Waals surface area contributed by atoms with Crippen molar-refractivity contribution in [3.63, 3.8) is 0 Å². The third-order valence-electron chi connectivity index (χ3n) is 2.88. The minimum atomic E-state index is -0.705. The van der Waals surface area contributed by atoms with E-state index in [1.165, 1.54) is 0 Å². The van der Waals surface area contributed by atoms with E-state index in [4.69, 9.17) is 5.73 Å². The third kappa shape index (κ3) is 7.42. The highest BCUT2D eigenvalue weighted by atomic mass is 32.2. The Kier molecular flexibility index (Phi) is 8.84. The molecule has 0 aromatic heterocycles. The van der Waals surface area contributed by atoms with Crippen LogP contribution in [-0.4, -0.2) is 41.4 Å². The number of hydrogen-bond acceptors (Lipinski definition) is 4. The maximum Gasteiger partial charge on any atom is 0.237 e. The molecule has 0 radical (unpaired) electrons. The molecule has 0 heterocycles. The number of carbonyl (C=O) groups excluding carboxylic acids is 2. The summed E-state index contributed by atoms with van der Waals surface area (Å²) in [5, 5.41) is 6.14. The molecule has 2 unspecified atom stereocenters. The molecule has 112 valence electrons. The van der Waals surface area contributed by atoms with Gasteiger partial charge in [0.1, 0.15) is 0 Å². The first-order valence-corrected chi connectivity index (χ1v) is 7.83. The van der Waals surface area contributed by atoms with Crippen LogP contribution >= 0.6 is 11.8 Å². The van der Waals surface area contributed by atoms with Crippen LogP contribution < -0.4 is 16.4 Å². The molecule has 6 heteroatoms. The Morgan fingerprint density at radius 1 is 1.37 bits per heavy atom. The molecule has 0 aliphatic rings. The van der Waals surface area contributed by atoms with Gasteiger partial charge in [-0.05, 0) is 33.2 Å². The Morgan fingerprint density at radius 2 is 2.00 bits per heavy atom. The van der Waals surface area contributed by atoms with Crippen LogP contribution in [0.5, 0.6) is 0 Å². The van der Waals surface area contributed by atoms with Crippen molar-refractivity contribution in [2.24, 2.45) is 5.73 Å². The van der Waals surface area contributed by atoms with Gasteiger partial charge in [-0.3, -0.25) is 9.59 Å². The molecule has 0 aliphatic heterocycles. The summed E-state index contributed by atoms with van der Waals surface area (Å²) in [4.78, 5) is 23.0. The number of thioether (sulfide) groups is 1. The zero-order valence-corrected chi connectivity index (χ0v) is 13.2. The molecular formula is C13H27N3O2S. The van der Waals surface area contributed by atoms with Gasteiger partial charge in [-0.2, -0.15) is 0 Å². The molecule has 2 amide bonds. The molecule has 0 aromatic carbocycles. The number of nitrogens with two attached hydrogens (primary N) is 1. The van der Waals surface area contributed by atoms with Gasteiger partial charge in [0.25, 0.3) is 0 Å². The maximum absolute atomic E-state index is 11.6. The predicted octanol–water partition coefficient (Wildman–Crippen LogP) is 0.878. The second-order valence-corrected chi connectivity index (χ2v) is 6.33. The number of carbonyl (C=O) groups is 2. The molecule has 5 nitrogen and oxygen atoms in total. The minimum absolute atomic E-state index is 0.0293. The van der Waals surface area contributed by atoms with E-state index in [9.17, 15) is 9.59 Å². The van der Waals surface area contributed by atoms with Crippen molar-refractivity contribution in [1.82, 2.24) is 10.6 Å². The van der Waals surface area contributed by atoms with Crippen molar-refractivity contribution in [2.45, 2.75) is 51.3 Å². The van der Waals surface area contributed by atoms with Gasteiger partial charge in [0, 0.05) is 11.8 Å². The van der Waals surface area contributed by atoms with E-state index in [0.29, 0.717) is 18.7 Å². The Hall–Kier alpha value is -0.750. The molecule has 0 bridgehead atoms. The first-order valence-electron chi connectivity index (χ1n) is 6.79. The average molecular weight is 289 g/mol. The van der Waals surface area contributed by atoms with Crippen LogP contribution in [0.3, 0.4) is 0 Å². The molecule has 0 aromatic rings. The van der Waals surface area contributed by atoms with Crippen molar-refractivity contribution < 1.29 is 9.59 Å². The van der Waals surface area contributed by atoms with E-state index in [0.717, 1.165) is 13.0 Å². The quantitative estimate of drug-likeness (QED) is 0.557. The molecule has 0 rings (SSSR count). The summed E-state index contributed by atoms with van der Waals surface area (Å²) in [5.74, 6) is 0.102. The van der Waals surface area contributed by atoms with Crippen LogP contribution in [-0.2, 0) is 9.59 Å². The van der Waals surface area contributed by atoms with Gasteiger partial charge >= 0.3 is 0 Å². The third-order valence-corrected chi connectivity index (χ3v) is 4.04. The lowest BCUT2D eigenvalue weighted by atomic mass is 9.95. The highest BCUT2D eigenvalue weighted by molar-refractivity contribution is 8.00. The summed E-state index contributed by atoms with van der Waals surface area (Å²) in [5.41, 5.74) is 4.77. The van der Waals surface area contributed by atoms with Crippen molar-refractivity contribution in [3.8, 4) is 0 Å². The van der Waals surface area contributed by atoms with E-state index in [2.05, 4.69) is 10.6 Å². The second kappa shape index (κ2) is 9.20. The predicted molar refractivity (Wildman–Crippen MR) is 81.1 cm³/mol. The van der Waals surface area contributed by atoms with Crippen molar-refractivity contribution in [3.05, 3.63) is 0 Å². The summed E-state index contributed by atoms with van der Waals surface area (Å²) >= 11 is 1.54. The van der Waals surface area contributed by atoms with Crippen LogP contribution in [0.1, 0.15) is 40.5 Å². The zero-order chi connectivity index (χ0) is 14.9. The molecule has 0 aliphatic carbocycles. The molecule has 0 fully saturated rings. The standard InChI is InChI=1S/C13H27N3O2S/c1-5-7-16-13(4,12(14)18)8-10(3)19-9-11(17)15-6-2/h10,16H,5-9H2,1-4H3,(H2,14,18)(H,15,17). The smallest absolute Gasteiger partial charge is 0.237 e. The van der Waals surface area contributed by atoms with E-state index in [1.807, 2.05) is 27.7 Å². The zero-order valence-electron chi connectivity index (χ0n) is 12.4. The number of amides is 2. The van der Waals surface area contributed by atoms with Gasteiger partial charge in [-0.15, -0.1) is 11.8 Å². The Morgan fingerprint density at radius 3 is 2.47 bits per heavy atom. The van der Waals surface area contributed by atoms with Gasteiger partial charge in [-0.25, -0.2) is 0 Å². The van der Waals surface area contributed by atoms with Crippen LogP contribution in [0.15, 0.2) is 0 Å². The fraction of sp³-hybridized carbons (Fsp3) is 0.846. The number of nitrogens with one attached hydrogen (secondary N) is 2. The summed E-state index contributed by atoms with van der Waals surface area (Å²) in [6, 6.07) is 0. The molecule has 0 spiro atoms. The fourth-order valence-electron chi connectivity index (χ4n) is 1.76. The van der Waals surface area contributed by atoms with Gasteiger partial charge in [0.05, 0.1) is 11.3 Å². The SMILES string of the molecule is CCCNC(C)(CC(C)SCC(=O)NCC)C(N)=O. The topological polar surface area (TPSA) is 84.2 Å². The summed E-state index contributed by atoms with van der Waals surface area (Å²) < 4.78 is 0. The molecule has 0 saturated heterocycles. The van der Waals surface area contributed by atoms with E-state index < -0.39 is 5.54 Å². The van der Waals surface area contributed by atoms with Crippen molar-refractivity contribution in [1.29, 1.82) is 0 Å². The largest absolute Gasteiger partial charge is 0.368 e. The van der Waals surface area contributed by atoms with Gasteiger partial charge in [0.15, 0.2) is 0 Å². The van der Waals surface area contributed by atoms with Crippen molar-refractivity contribution in [2.75, 3.05) is 18.8 Å². The van der Waals surface area contributed by atoms with E-state index >= 15 is 0 Å². The highest BCUT2D eigenvalue weighted by Crippen LogP contribution is 2.21. The first-order chi connectivity index (χ1) is 8.85. The first kappa shape index (κ1) is 18.2. The van der Waals surface area contributed by atoms with Crippen LogP contribution in [0.4, 0.5) is 0 Å². The fourth-order valence-corrected chi connectivity index (χ4v) is 2.75. The number of rotatable bonds is 10. The monoisotopic (exact) mass is 289 g/mol. The lowest BCUT2D eigenvalue weighted by Crippen LogP contribution is -2.54. The molecule has 2 atom stereocenters. The van der Waals surface area contributed by atoms with Crippen LogP contribution in [0.25, 0.3) is 0 Å². The van der Waals surface area contributed by atoms with E-state index in [-0.39, 0.29) is 17.1 Å². The van der Waals surface area contributed by atoms with Gasteiger partial charge in [0.2, 0.25) is 11.8 Å². The highest BCUT2D eigenvalue weighted by Gasteiger charge is 2.32. The van der Waals surface area contributed by atoms with E-state index in [1.54, 1.807) is 11.8 Å². The lowest BCUT2D eigenvalue weighted by Gasteiger charge is -2.30. The molecule has 0 saturated carbocycles. The molecule has 19 heavy (non-hydrogen) atoms. The minimum Gasteiger partial charge on any atom is -0.368 e. The Bertz CT molecular complexity index is 300. The molecule has 4 N–H and O–H groups in total. The van der Waals surface area contributed by atoms with Gasteiger partial charge < -0.3 is 16.4 Å². The van der Waals surface area contributed by atoms with Crippen LogP contribution in [0.2, 0.25) is 0 Å².